The van der Waals surface area contributed by atoms with Crippen LogP contribution in [-0.2, 0) is 4.74 Å². The summed E-state index contributed by atoms with van der Waals surface area (Å²) in [6.07, 6.45) is 0. The van der Waals surface area contributed by atoms with Crippen molar-refractivity contribution in [3.8, 4) is 28.6 Å². The fraction of sp³-hybridized carbons (Fsp3) is 0.222. The molecule has 0 atom stereocenters. The Kier molecular flexibility index (Phi) is 4.68. The van der Waals surface area contributed by atoms with E-state index in [-0.39, 0.29) is 0 Å². The van der Waals surface area contributed by atoms with Crippen LogP contribution in [0, 0.1) is 6.92 Å². The number of hydrogen-bond donors (Lipinski definition) is 0. The van der Waals surface area contributed by atoms with Crippen molar-refractivity contribution in [2.24, 2.45) is 0 Å². The Balaban J connectivity index is 1.77. The van der Waals surface area contributed by atoms with Crippen molar-refractivity contribution >= 4 is 0 Å². The third-order valence-corrected chi connectivity index (χ3v) is 3.47. The highest BCUT2D eigenvalue weighted by Crippen LogP contribution is 2.25. The van der Waals surface area contributed by atoms with Crippen molar-refractivity contribution in [1.82, 2.24) is 10.1 Å². The van der Waals surface area contributed by atoms with Crippen LogP contribution in [0.1, 0.15) is 5.56 Å². The summed E-state index contributed by atoms with van der Waals surface area (Å²) in [6.45, 7) is 3.10. The number of rotatable bonds is 6. The van der Waals surface area contributed by atoms with Crippen LogP contribution in [0.4, 0.5) is 0 Å². The SMILES string of the molecule is COCCOc1ccc(-c2noc(-c3ccccc3C)n2)cc1. The van der Waals surface area contributed by atoms with Gasteiger partial charge in [0.15, 0.2) is 0 Å². The van der Waals surface area contributed by atoms with E-state index in [9.17, 15) is 0 Å². The second-order valence-electron chi connectivity index (χ2n) is 5.10. The minimum atomic E-state index is 0.523. The molecule has 0 spiro atoms. The lowest BCUT2D eigenvalue weighted by Crippen LogP contribution is -2.03. The Hall–Kier alpha value is -2.66. The zero-order valence-electron chi connectivity index (χ0n) is 13.2. The lowest BCUT2D eigenvalue weighted by atomic mass is 10.1. The molecule has 0 bridgehead atoms. The number of aryl methyl sites for hydroxylation is 1. The average molecular weight is 310 g/mol. The van der Waals surface area contributed by atoms with Gasteiger partial charge in [0.2, 0.25) is 5.82 Å². The highest BCUT2D eigenvalue weighted by atomic mass is 16.5. The van der Waals surface area contributed by atoms with Crippen LogP contribution in [0.3, 0.4) is 0 Å². The lowest BCUT2D eigenvalue weighted by Gasteiger charge is -2.05. The van der Waals surface area contributed by atoms with Crippen LogP contribution in [-0.4, -0.2) is 30.5 Å². The largest absolute Gasteiger partial charge is 0.491 e. The van der Waals surface area contributed by atoms with Crippen LogP contribution in [0.25, 0.3) is 22.8 Å². The molecule has 3 rings (SSSR count). The van der Waals surface area contributed by atoms with Gasteiger partial charge in [-0.3, -0.25) is 0 Å². The van der Waals surface area contributed by atoms with Crippen molar-refractivity contribution in [2.75, 3.05) is 20.3 Å². The molecule has 0 aliphatic carbocycles. The third-order valence-electron chi connectivity index (χ3n) is 3.47. The van der Waals surface area contributed by atoms with Crippen molar-refractivity contribution in [3.63, 3.8) is 0 Å². The molecule has 23 heavy (non-hydrogen) atoms. The molecule has 1 aromatic heterocycles. The minimum Gasteiger partial charge on any atom is -0.491 e. The zero-order valence-corrected chi connectivity index (χ0v) is 13.2. The first-order valence-corrected chi connectivity index (χ1v) is 7.40. The smallest absolute Gasteiger partial charge is 0.258 e. The second kappa shape index (κ2) is 7.07. The van der Waals surface area contributed by atoms with E-state index in [2.05, 4.69) is 10.1 Å². The predicted molar refractivity (Wildman–Crippen MR) is 87.3 cm³/mol. The van der Waals surface area contributed by atoms with Gasteiger partial charge in [0.05, 0.1) is 6.61 Å². The Morgan fingerprint density at radius 2 is 1.78 bits per heavy atom. The van der Waals surface area contributed by atoms with E-state index in [1.807, 2.05) is 55.5 Å². The van der Waals surface area contributed by atoms with Crippen LogP contribution in [0.2, 0.25) is 0 Å². The molecular weight excluding hydrogens is 292 g/mol. The van der Waals surface area contributed by atoms with Gasteiger partial charge < -0.3 is 14.0 Å². The molecule has 0 amide bonds. The highest BCUT2D eigenvalue weighted by Gasteiger charge is 2.12. The molecule has 0 aliphatic rings. The summed E-state index contributed by atoms with van der Waals surface area (Å²) in [7, 11) is 1.65. The fourth-order valence-electron chi connectivity index (χ4n) is 2.21. The van der Waals surface area contributed by atoms with Gasteiger partial charge in [0, 0.05) is 18.2 Å². The van der Waals surface area contributed by atoms with Gasteiger partial charge in [0.1, 0.15) is 12.4 Å². The maximum absolute atomic E-state index is 5.54. The molecule has 118 valence electrons. The second-order valence-corrected chi connectivity index (χ2v) is 5.10. The van der Waals surface area contributed by atoms with Gasteiger partial charge in [0.25, 0.3) is 5.89 Å². The summed E-state index contributed by atoms with van der Waals surface area (Å²) in [5, 5.41) is 4.06. The fourth-order valence-corrected chi connectivity index (χ4v) is 2.21. The Morgan fingerprint density at radius 3 is 2.52 bits per heavy atom. The highest BCUT2D eigenvalue weighted by molar-refractivity contribution is 5.62. The summed E-state index contributed by atoms with van der Waals surface area (Å²) in [5.74, 6) is 1.87. The molecule has 3 aromatic rings. The molecular formula is C18H18N2O3. The standard InChI is InChI=1S/C18H18N2O3/c1-13-5-3-4-6-16(13)18-19-17(20-23-18)14-7-9-15(10-8-14)22-12-11-21-2/h3-10H,11-12H2,1-2H3. The molecule has 0 radical (unpaired) electrons. The molecule has 5 nitrogen and oxygen atoms in total. The van der Waals surface area contributed by atoms with E-state index < -0.39 is 0 Å². The van der Waals surface area contributed by atoms with Crippen LogP contribution in [0.15, 0.2) is 53.1 Å². The summed E-state index contributed by atoms with van der Waals surface area (Å²) in [4.78, 5) is 4.48. The summed E-state index contributed by atoms with van der Waals surface area (Å²) in [5.41, 5.74) is 2.93. The van der Waals surface area contributed by atoms with E-state index >= 15 is 0 Å². The molecule has 0 unspecified atom stereocenters. The molecule has 5 heteroatoms. The average Bonchev–Trinajstić information content (AvgIpc) is 3.06. The van der Waals surface area contributed by atoms with Crippen LogP contribution < -0.4 is 4.74 Å². The maximum Gasteiger partial charge on any atom is 0.258 e. The molecule has 0 saturated heterocycles. The summed E-state index contributed by atoms with van der Waals surface area (Å²) >= 11 is 0. The number of benzene rings is 2. The van der Waals surface area contributed by atoms with Gasteiger partial charge in [-0.15, -0.1) is 0 Å². The van der Waals surface area contributed by atoms with Crippen LogP contribution in [0.5, 0.6) is 5.75 Å². The van der Waals surface area contributed by atoms with Crippen molar-refractivity contribution in [3.05, 3.63) is 54.1 Å². The number of methoxy groups -OCH3 is 1. The van der Waals surface area contributed by atoms with Crippen molar-refractivity contribution in [2.45, 2.75) is 6.92 Å². The Labute approximate surface area is 134 Å². The summed E-state index contributed by atoms with van der Waals surface area (Å²) in [6, 6.07) is 15.5. The summed E-state index contributed by atoms with van der Waals surface area (Å²) < 4.78 is 15.9. The molecule has 2 aromatic carbocycles. The van der Waals surface area contributed by atoms with Gasteiger partial charge in [-0.1, -0.05) is 23.4 Å². The minimum absolute atomic E-state index is 0.523. The van der Waals surface area contributed by atoms with E-state index in [0.717, 1.165) is 22.4 Å². The van der Waals surface area contributed by atoms with Crippen molar-refractivity contribution < 1.29 is 14.0 Å². The van der Waals surface area contributed by atoms with Gasteiger partial charge in [-0.2, -0.15) is 4.98 Å². The first-order chi connectivity index (χ1) is 11.3. The number of ether oxygens (including phenoxy) is 2. The van der Waals surface area contributed by atoms with E-state index in [0.29, 0.717) is 24.9 Å². The van der Waals surface area contributed by atoms with E-state index in [4.69, 9.17) is 14.0 Å². The molecule has 0 N–H and O–H groups in total. The first kappa shape index (κ1) is 15.2. The normalized spacial score (nSPS) is 10.7. The lowest BCUT2D eigenvalue weighted by molar-refractivity contribution is 0.146. The monoisotopic (exact) mass is 310 g/mol. The maximum atomic E-state index is 5.54. The van der Waals surface area contributed by atoms with E-state index in [1.54, 1.807) is 7.11 Å². The molecule has 0 saturated carbocycles. The van der Waals surface area contributed by atoms with Crippen LogP contribution >= 0.6 is 0 Å². The number of nitrogens with zero attached hydrogens (tertiary/aromatic N) is 2. The molecule has 0 fully saturated rings. The van der Waals surface area contributed by atoms with Gasteiger partial charge in [-0.25, -0.2) is 0 Å². The first-order valence-electron chi connectivity index (χ1n) is 7.40. The van der Waals surface area contributed by atoms with Crippen molar-refractivity contribution in [1.29, 1.82) is 0 Å². The van der Waals surface area contributed by atoms with E-state index in [1.165, 1.54) is 0 Å². The van der Waals surface area contributed by atoms with Gasteiger partial charge in [-0.05, 0) is 42.8 Å². The van der Waals surface area contributed by atoms with Gasteiger partial charge >= 0.3 is 0 Å². The quantitative estimate of drug-likeness (QED) is 0.649. The molecule has 0 aliphatic heterocycles. The molecule has 1 heterocycles. The third kappa shape index (κ3) is 3.57. The predicted octanol–water partition coefficient (Wildman–Crippen LogP) is 3.74. The topological polar surface area (TPSA) is 57.4 Å². The number of aromatic nitrogens is 2. The Morgan fingerprint density at radius 1 is 1.00 bits per heavy atom. The zero-order chi connectivity index (χ0) is 16.1. The Bertz CT molecular complexity index is 766. The number of hydrogen-bond acceptors (Lipinski definition) is 5.